The quantitative estimate of drug-likeness (QED) is 0.780. The fourth-order valence-corrected chi connectivity index (χ4v) is 5.15. The molecule has 2 aromatic rings. The first-order valence-corrected chi connectivity index (χ1v) is 10.3. The van der Waals surface area contributed by atoms with Gasteiger partial charge in [-0.25, -0.2) is 4.98 Å². The predicted molar refractivity (Wildman–Crippen MR) is 104 cm³/mol. The summed E-state index contributed by atoms with van der Waals surface area (Å²) in [4.78, 5) is 15.1. The molecular formula is C20H28N4OS. The molecule has 2 fully saturated rings. The minimum absolute atomic E-state index is 0.346. The molecule has 1 atom stereocenters. The van der Waals surface area contributed by atoms with Gasteiger partial charge >= 0.3 is 0 Å². The van der Waals surface area contributed by atoms with Crippen molar-refractivity contribution >= 4 is 11.3 Å². The van der Waals surface area contributed by atoms with E-state index >= 15 is 0 Å². The summed E-state index contributed by atoms with van der Waals surface area (Å²) in [5.41, 5.74) is 4.65. The van der Waals surface area contributed by atoms with Gasteiger partial charge in [-0.1, -0.05) is 6.07 Å². The number of ether oxygens (including phenoxy) is 1. The highest BCUT2D eigenvalue weighted by Gasteiger charge is 2.49. The molecule has 140 valence electrons. The zero-order chi connectivity index (χ0) is 18.0. The number of pyridine rings is 1. The van der Waals surface area contributed by atoms with Crippen LogP contribution in [0.15, 0.2) is 30.0 Å². The molecule has 0 aromatic carbocycles. The van der Waals surface area contributed by atoms with Crippen LogP contribution in [0, 0.1) is 12.8 Å². The first-order valence-electron chi connectivity index (χ1n) is 9.44. The molecule has 4 rings (SSSR count). The number of rotatable bonds is 6. The molecule has 6 heteroatoms. The van der Waals surface area contributed by atoms with Gasteiger partial charge in [0.1, 0.15) is 0 Å². The van der Waals surface area contributed by atoms with E-state index in [9.17, 15) is 0 Å². The minimum Gasteiger partial charge on any atom is -0.376 e. The van der Waals surface area contributed by atoms with Crippen molar-refractivity contribution in [3.05, 3.63) is 46.2 Å². The van der Waals surface area contributed by atoms with Crippen LogP contribution in [0.3, 0.4) is 0 Å². The predicted octanol–water partition coefficient (Wildman–Crippen LogP) is 2.96. The number of aryl methyl sites for hydroxylation is 1. The van der Waals surface area contributed by atoms with Gasteiger partial charge in [-0.15, -0.1) is 11.3 Å². The number of thiazole rings is 1. The summed E-state index contributed by atoms with van der Waals surface area (Å²) in [6, 6.07) is 4.05. The van der Waals surface area contributed by atoms with Gasteiger partial charge in [-0.2, -0.15) is 0 Å². The van der Waals surface area contributed by atoms with Crippen LogP contribution in [0.4, 0.5) is 0 Å². The van der Waals surface area contributed by atoms with E-state index in [4.69, 9.17) is 4.74 Å². The maximum atomic E-state index is 6.01. The number of hydrogen-bond donors (Lipinski definition) is 0. The number of likely N-dealkylation sites (tertiary alicyclic amines) is 2. The second-order valence-corrected chi connectivity index (χ2v) is 8.83. The fraction of sp³-hybridized carbons (Fsp3) is 0.600. The van der Waals surface area contributed by atoms with Gasteiger partial charge in [0.05, 0.1) is 17.8 Å². The second kappa shape index (κ2) is 7.72. The highest BCUT2D eigenvalue weighted by atomic mass is 32.1. The van der Waals surface area contributed by atoms with Crippen molar-refractivity contribution in [3.8, 4) is 0 Å². The number of hydrogen-bond acceptors (Lipinski definition) is 6. The maximum Gasteiger partial charge on any atom is 0.0798 e. The first-order chi connectivity index (χ1) is 12.6. The Morgan fingerprint density at radius 3 is 3.00 bits per heavy atom. The zero-order valence-electron chi connectivity index (χ0n) is 15.7. The van der Waals surface area contributed by atoms with Crippen molar-refractivity contribution in [2.75, 3.05) is 33.3 Å². The highest BCUT2D eigenvalue weighted by Crippen LogP contribution is 2.39. The molecule has 5 nitrogen and oxygen atoms in total. The Labute approximate surface area is 160 Å². The van der Waals surface area contributed by atoms with E-state index in [1.54, 1.807) is 17.5 Å². The molecule has 0 bridgehead atoms. The lowest BCUT2D eigenvalue weighted by atomic mass is 9.75. The van der Waals surface area contributed by atoms with Crippen molar-refractivity contribution in [2.24, 2.45) is 5.92 Å². The summed E-state index contributed by atoms with van der Waals surface area (Å²) in [5.74, 6) is 0.662. The number of aromatic nitrogens is 2. The van der Waals surface area contributed by atoms with Crippen LogP contribution in [-0.2, 0) is 17.9 Å². The zero-order valence-corrected chi connectivity index (χ0v) is 16.5. The van der Waals surface area contributed by atoms with Crippen LogP contribution in [0.5, 0.6) is 0 Å². The summed E-state index contributed by atoms with van der Waals surface area (Å²) >= 11 is 1.78. The van der Waals surface area contributed by atoms with Crippen molar-refractivity contribution in [1.29, 1.82) is 0 Å². The molecule has 4 heterocycles. The number of nitrogens with zero attached hydrogens (tertiary/aromatic N) is 4. The average Bonchev–Trinajstić information content (AvgIpc) is 3.02. The Morgan fingerprint density at radius 2 is 2.27 bits per heavy atom. The van der Waals surface area contributed by atoms with E-state index in [0.717, 1.165) is 18.7 Å². The lowest BCUT2D eigenvalue weighted by Crippen LogP contribution is -2.71. The van der Waals surface area contributed by atoms with Gasteiger partial charge in [-0.3, -0.25) is 14.8 Å². The van der Waals surface area contributed by atoms with Crippen LogP contribution in [0.25, 0.3) is 0 Å². The molecule has 2 aliphatic heterocycles. The van der Waals surface area contributed by atoms with E-state index in [1.165, 1.54) is 43.0 Å². The second-order valence-electron chi connectivity index (χ2n) is 7.89. The molecule has 0 aliphatic carbocycles. The van der Waals surface area contributed by atoms with Crippen LogP contribution in [-0.4, -0.2) is 58.6 Å². The Balaban J connectivity index is 1.27. The molecule has 0 amide bonds. The Kier molecular flexibility index (Phi) is 5.36. The summed E-state index contributed by atoms with van der Waals surface area (Å²) in [5, 5.41) is 0. The summed E-state index contributed by atoms with van der Waals surface area (Å²) in [6.07, 6.45) is 6.18. The first kappa shape index (κ1) is 18.0. The largest absolute Gasteiger partial charge is 0.376 e. The normalized spacial score (nSPS) is 23.2. The summed E-state index contributed by atoms with van der Waals surface area (Å²) in [6.45, 7) is 8.20. The molecule has 0 saturated carbocycles. The topological polar surface area (TPSA) is 41.5 Å². The Bertz CT molecular complexity index is 714. The molecule has 26 heavy (non-hydrogen) atoms. The lowest BCUT2D eigenvalue weighted by Gasteiger charge is -2.58. The van der Waals surface area contributed by atoms with Crippen LogP contribution < -0.4 is 0 Å². The van der Waals surface area contributed by atoms with E-state index < -0.39 is 0 Å². The smallest absolute Gasteiger partial charge is 0.0798 e. The highest BCUT2D eigenvalue weighted by molar-refractivity contribution is 7.09. The molecule has 2 saturated heterocycles. The molecule has 0 N–H and O–H groups in total. The summed E-state index contributed by atoms with van der Waals surface area (Å²) in [7, 11) is 2.29. The molecule has 1 spiro atoms. The average molecular weight is 373 g/mol. The third kappa shape index (κ3) is 3.83. The third-order valence-corrected chi connectivity index (χ3v) is 6.86. The van der Waals surface area contributed by atoms with E-state index in [1.807, 2.05) is 17.8 Å². The van der Waals surface area contributed by atoms with Crippen LogP contribution in [0.1, 0.15) is 29.0 Å². The molecule has 2 aliphatic rings. The standard InChI is InChI=1S/C20H28N4OS/c1-16-19(26-15-22-16)10-24-13-20(14-24)8-17(5-7-23(20)2)11-25-12-18-4-3-6-21-9-18/h3-4,6,9,15,17H,5,7-8,10-14H2,1-2H3. The summed E-state index contributed by atoms with van der Waals surface area (Å²) < 4.78 is 6.01. The maximum absolute atomic E-state index is 6.01. The van der Waals surface area contributed by atoms with Crippen molar-refractivity contribution in [1.82, 2.24) is 19.8 Å². The van der Waals surface area contributed by atoms with Gasteiger partial charge in [0, 0.05) is 49.1 Å². The van der Waals surface area contributed by atoms with Gasteiger partial charge in [-0.05, 0) is 50.9 Å². The van der Waals surface area contributed by atoms with Gasteiger partial charge in [0.15, 0.2) is 0 Å². The molecule has 0 radical (unpaired) electrons. The monoisotopic (exact) mass is 372 g/mol. The third-order valence-electron chi connectivity index (χ3n) is 5.94. The SMILES string of the molecule is Cc1ncsc1CN1CC2(CC(COCc3cccnc3)CCN2C)C1. The van der Waals surface area contributed by atoms with Crippen LogP contribution in [0.2, 0.25) is 0 Å². The Morgan fingerprint density at radius 1 is 1.38 bits per heavy atom. The van der Waals surface area contributed by atoms with Gasteiger partial charge in [0.2, 0.25) is 0 Å². The van der Waals surface area contributed by atoms with Crippen molar-refractivity contribution in [2.45, 2.75) is 38.5 Å². The molecule has 1 unspecified atom stereocenters. The minimum atomic E-state index is 0.346. The van der Waals surface area contributed by atoms with E-state index in [2.05, 4.69) is 39.8 Å². The van der Waals surface area contributed by atoms with E-state index in [-0.39, 0.29) is 0 Å². The van der Waals surface area contributed by atoms with Crippen LogP contribution >= 0.6 is 11.3 Å². The fourth-order valence-electron chi connectivity index (χ4n) is 4.33. The lowest BCUT2D eigenvalue weighted by molar-refractivity contribution is -0.0933. The van der Waals surface area contributed by atoms with Crippen molar-refractivity contribution in [3.63, 3.8) is 0 Å². The number of likely N-dealkylation sites (N-methyl/N-ethyl adjacent to an activating group) is 1. The molecular weight excluding hydrogens is 344 g/mol. The van der Waals surface area contributed by atoms with E-state index in [0.29, 0.717) is 18.1 Å². The van der Waals surface area contributed by atoms with Crippen molar-refractivity contribution < 1.29 is 4.74 Å². The van der Waals surface area contributed by atoms with Gasteiger partial charge < -0.3 is 4.74 Å². The van der Waals surface area contributed by atoms with Gasteiger partial charge in [0.25, 0.3) is 0 Å². The molecule has 2 aromatic heterocycles. The Hall–Kier alpha value is -1.34. The number of piperidine rings is 1.